The smallest absolute Gasteiger partial charge is 0.476 e. The molecular formula is C23H18BrClF3N3O5S. The van der Waals surface area contributed by atoms with Crippen LogP contribution in [0, 0.1) is 0 Å². The highest BCUT2D eigenvalue weighted by Gasteiger charge is 2.46. The van der Waals surface area contributed by atoms with E-state index in [1.807, 2.05) is 6.92 Å². The van der Waals surface area contributed by atoms with E-state index < -0.39 is 21.5 Å². The number of fused-ring (bicyclic) bond motifs is 1. The van der Waals surface area contributed by atoms with Gasteiger partial charge >= 0.3 is 21.5 Å². The molecule has 8 nitrogen and oxygen atoms in total. The van der Waals surface area contributed by atoms with Gasteiger partial charge in [0, 0.05) is 23.9 Å². The second-order valence-corrected chi connectivity index (χ2v) is 10.8. The van der Waals surface area contributed by atoms with E-state index in [1.54, 1.807) is 22.9 Å². The fraction of sp³-hybridized carbons (Fsp3) is 0.217. The number of hydrogen-bond donors (Lipinski definition) is 2. The van der Waals surface area contributed by atoms with Gasteiger partial charge in [0.15, 0.2) is 16.6 Å². The fourth-order valence-electron chi connectivity index (χ4n) is 3.80. The molecule has 0 saturated carbocycles. The van der Waals surface area contributed by atoms with Crippen molar-refractivity contribution in [2.45, 2.75) is 31.8 Å². The maximum absolute atomic E-state index is 12.9. The molecule has 0 amide bonds. The van der Waals surface area contributed by atoms with Crippen molar-refractivity contribution in [2.24, 2.45) is 0 Å². The zero-order chi connectivity index (χ0) is 27.1. The highest BCUT2D eigenvalue weighted by Crippen LogP contribution is 2.42. The highest BCUT2D eigenvalue weighted by atomic mass is 79.9. The number of halogens is 5. The van der Waals surface area contributed by atoms with E-state index in [1.165, 1.54) is 28.8 Å². The van der Waals surface area contributed by atoms with Gasteiger partial charge in [-0.05, 0) is 52.2 Å². The quantitative estimate of drug-likeness (QED) is 0.227. The number of sulfonamides is 1. The van der Waals surface area contributed by atoms with Crippen molar-refractivity contribution < 1.29 is 35.9 Å². The molecule has 4 aromatic rings. The third-order valence-electron chi connectivity index (χ3n) is 5.43. The average Bonchev–Trinajstić information content (AvgIpc) is 3.29. The Kier molecular flexibility index (Phi) is 7.32. The minimum atomic E-state index is -5.66. The lowest BCUT2D eigenvalue weighted by atomic mass is 10.1. The van der Waals surface area contributed by atoms with Gasteiger partial charge in [-0.25, -0.2) is 9.78 Å². The number of anilines is 1. The van der Waals surface area contributed by atoms with Crippen molar-refractivity contribution in [1.29, 1.82) is 0 Å². The van der Waals surface area contributed by atoms with Crippen LogP contribution < -0.4 is 4.72 Å². The average molecular weight is 621 g/mol. The number of benzene rings is 2. The van der Waals surface area contributed by atoms with Crippen LogP contribution in [0.4, 0.5) is 18.9 Å². The molecule has 0 aliphatic rings. The molecule has 2 aromatic heterocycles. The Morgan fingerprint density at radius 2 is 1.95 bits per heavy atom. The number of rotatable bonds is 8. The van der Waals surface area contributed by atoms with Gasteiger partial charge in [-0.2, -0.15) is 21.6 Å². The van der Waals surface area contributed by atoms with Crippen molar-refractivity contribution in [2.75, 3.05) is 4.72 Å². The molecule has 196 valence electrons. The van der Waals surface area contributed by atoms with E-state index in [0.29, 0.717) is 33.3 Å². The van der Waals surface area contributed by atoms with Crippen molar-refractivity contribution in [3.8, 4) is 11.3 Å². The maximum Gasteiger partial charge on any atom is 0.516 e. The van der Waals surface area contributed by atoms with Crippen molar-refractivity contribution in [1.82, 2.24) is 9.55 Å². The number of alkyl halides is 3. The third kappa shape index (κ3) is 5.20. The number of carboxylic acid groups (broad SMARTS) is 1. The van der Waals surface area contributed by atoms with E-state index in [2.05, 4.69) is 20.9 Å². The standard InChI is InChI=1S/C23H18BrClF3N3O5S/c1-2-5-17-29-21(25)19(22(32)33)31(17)11-12-8-9-16-14(10-12)18(24)20(36-16)13-6-3-4-7-15(13)30-37(34,35)23(26,27)28/h3-4,6-10,30H,2,5,11H2,1H3,(H,32,33). The number of carboxylic acids is 1. The van der Waals surface area contributed by atoms with Gasteiger partial charge in [-0.15, -0.1) is 0 Å². The molecule has 0 fully saturated rings. The Hall–Kier alpha value is -3.03. The van der Waals surface area contributed by atoms with Crippen LogP contribution >= 0.6 is 27.5 Å². The first-order valence-corrected chi connectivity index (χ1v) is 13.4. The van der Waals surface area contributed by atoms with Crippen LogP contribution in [0.15, 0.2) is 51.4 Å². The van der Waals surface area contributed by atoms with Gasteiger partial charge in [0.25, 0.3) is 0 Å². The van der Waals surface area contributed by atoms with E-state index in [-0.39, 0.29) is 34.4 Å². The van der Waals surface area contributed by atoms with Gasteiger partial charge < -0.3 is 14.1 Å². The number of para-hydroxylation sites is 1. The van der Waals surface area contributed by atoms with E-state index in [9.17, 15) is 31.5 Å². The van der Waals surface area contributed by atoms with Crippen molar-refractivity contribution in [3.63, 3.8) is 0 Å². The van der Waals surface area contributed by atoms with Crippen molar-refractivity contribution in [3.05, 3.63) is 69.2 Å². The lowest BCUT2D eigenvalue weighted by molar-refractivity contribution is -0.0429. The highest BCUT2D eigenvalue weighted by molar-refractivity contribution is 9.10. The van der Waals surface area contributed by atoms with Gasteiger partial charge in [-0.1, -0.05) is 36.7 Å². The minimum Gasteiger partial charge on any atom is -0.476 e. The molecule has 2 heterocycles. The van der Waals surface area contributed by atoms with Gasteiger partial charge in [0.2, 0.25) is 0 Å². The molecule has 0 aliphatic heterocycles. The predicted molar refractivity (Wildman–Crippen MR) is 135 cm³/mol. The molecule has 14 heteroatoms. The van der Waals surface area contributed by atoms with Crippen LogP contribution in [0.5, 0.6) is 0 Å². The second-order valence-electron chi connectivity index (χ2n) is 7.98. The normalized spacial score (nSPS) is 12.3. The first kappa shape index (κ1) is 27.0. The Bertz CT molecular complexity index is 1620. The monoisotopic (exact) mass is 619 g/mol. The summed E-state index contributed by atoms with van der Waals surface area (Å²) in [6, 6.07) is 10.6. The Balaban J connectivity index is 1.77. The molecule has 2 N–H and O–H groups in total. The van der Waals surface area contributed by atoms with Crippen LogP contribution in [0.3, 0.4) is 0 Å². The van der Waals surface area contributed by atoms with Crippen LogP contribution in [-0.4, -0.2) is 34.6 Å². The summed E-state index contributed by atoms with van der Waals surface area (Å²) < 4.78 is 71.5. The molecular weight excluding hydrogens is 603 g/mol. The lowest BCUT2D eigenvalue weighted by Gasteiger charge is -2.13. The zero-order valence-electron chi connectivity index (χ0n) is 18.9. The van der Waals surface area contributed by atoms with E-state index in [0.717, 1.165) is 6.42 Å². The van der Waals surface area contributed by atoms with Crippen LogP contribution in [0.1, 0.15) is 35.2 Å². The summed E-state index contributed by atoms with van der Waals surface area (Å²) in [7, 11) is -5.66. The van der Waals surface area contributed by atoms with Crippen LogP contribution in [0.25, 0.3) is 22.3 Å². The lowest BCUT2D eigenvalue weighted by Crippen LogP contribution is -2.30. The number of nitrogens with zero attached hydrogens (tertiary/aromatic N) is 2. The van der Waals surface area contributed by atoms with Gasteiger partial charge in [0.1, 0.15) is 11.4 Å². The summed E-state index contributed by atoms with van der Waals surface area (Å²) in [5.41, 5.74) is -4.82. The first-order valence-electron chi connectivity index (χ1n) is 10.7. The number of imidazole rings is 1. The number of aromatic nitrogens is 2. The minimum absolute atomic E-state index is 0.0831. The first-order chi connectivity index (χ1) is 17.3. The number of aryl methyl sites for hydroxylation is 1. The maximum atomic E-state index is 12.9. The predicted octanol–water partition coefficient (Wildman–Crippen LogP) is 6.67. The SMILES string of the molecule is CCCc1nc(Cl)c(C(=O)O)n1Cc1ccc2oc(-c3ccccc3NS(=O)(=O)C(F)(F)F)c(Br)c2c1. The third-order valence-corrected chi connectivity index (χ3v) is 7.58. The number of furan rings is 1. The molecule has 4 rings (SSSR count). The molecule has 0 atom stereocenters. The number of aromatic carboxylic acids is 1. The summed E-state index contributed by atoms with van der Waals surface area (Å²) in [6.45, 7) is 2.07. The number of hydrogen-bond acceptors (Lipinski definition) is 5. The molecule has 0 radical (unpaired) electrons. The summed E-state index contributed by atoms with van der Waals surface area (Å²) in [4.78, 5) is 16.0. The van der Waals surface area contributed by atoms with Crippen LogP contribution in [-0.2, 0) is 23.0 Å². The largest absolute Gasteiger partial charge is 0.516 e. The number of carbonyl (C=O) groups is 1. The van der Waals surface area contributed by atoms with Crippen LogP contribution in [0.2, 0.25) is 5.15 Å². The summed E-state index contributed by atoms with van der Waals surface area (Å²) in [5.74, 6) is -0.593. The topological polar surface area (TPSA) is 114 Å². The van der Waals surface area contributed by atoms with Crippen molar-refractivity contribution >= 4 is 60.2 Å². The molecule has 0 unspecified atom stereocenters. The molecule has 0 aliphatic carbocycles. The van der Waals surface area contributed by atoms with Gasteiger partial charge in [0.05, 0.1) is 10.2 Å². The molecule has 2 aromatic carbocycles. The Morgan fingerprint density at radius 3 is 2.59 bits per heavy atom. The molecule has 0 bridgehead atoms. The second kappa shape index (κ2) is 10.0. The van der Waals surface area contributed by atoms with E-state index in [4.69, 9.17) is 16.0 Å². The summed E-state index contributed by atoms with van der Waals surface area (Å²) >= 11 is 9.49. The molecule has 37 heavy (non-hydrogen) atoms. The Labute approximate surface area is 222 Å². The van der Waals surface area contributed by atoms with Gasteiger partial charge in [-0.3, -0.25) is 4.72 Å². The summed E-state index contributed by atoms with van der Waals surface area (Å²) in [6.07, 6.45) is 1.24. The molecule has 0 saturated heterocycles. The zero-order valence-corrected chi connectivity index (χ0v) is 22.1. The summed E-state index contributed by atoms with van der Waals surface area (Å²) in [5, 5.41) is 10.1. The van der Waals surface area contributed by atoms with E-state index >= 15 is 0 Å². The fourth-order valence-corrected chi connectivity index (χ4v) is 5.27. The Morgan fingerprint density at radius 1 is 1.24 bits per heavy atom. The molecule has 0 spiro atoms. The number of nitrogens with one attached hydrogen (secondary N) is 1.